The van der Waals surface area contributed by atoms with E-state index >= 15 is 0 Å². The molecule has 0 radical (unpaired) electrons. The lowest BCUT2D eigenvalue weighted by molar-refractivity contribution is 0.102. The van der Waals surface area contributed by atoms with Crippen LogP contribution in [0.25, 0.3) is 0 Å². The van der Waals surface area contributed by atoms with Gasteiger partial charge < -0.3 is 14.8 Å². The number of ether oxygens (including phenoxy) is 2. The van der Waals surface area contributed by atoms with E-state index < -0.39 is 0 Å². The van der Waals surface area contributed by atoms with Crippen LogP contribution in [0.1, 0.15) is 53.6 Å². The number of thiophene rings is 1. The number of benzene rings is 2. The summed E-state index contributed by atoms with van der Waals surface area (Å²) < 4.78 is 10.9. The summed E-state index contributed by atoms with van der Waals surface area (Å²) in [4.78, 5) is 19.5. The predicted molar refractivity (Wildman–Crippen MR) is 139 cm³/mol. The van der Waals surface area contributed by atoms with Crippen molar-refractivity contribution in [1.82, 2.24) is 0 Å². The Balaban J connectivity index is 1.48. The first-order chi connectivity index (χ1) is 16.3. The van der Waals surface area contributed by atoms with Gasteiger partial charge in [-0.25, -0.2) is 4.99 Å². The third-order valence-electron chi connectivity index (χ3n) is 6.53. The monoisotopic (exact) mass is 494 g/mol. The second-order valence-corrected chi connectivity index (χ2v) is 11.3. The number of aliphatic imine (C=N–C) groups is 1. The van der Waals surface area contributed by atoms with Gasteiger partial charge in [-0.05, 0) is 84.2 Å². The Morgan fingerprint density at radius 3 is 2.68 bits per heavy atom. The summed E-state index contributed by atoms with van der Waals surface area (Å²) in [6.45, 7) is 7.12. The van der Waals surface area contributed by atoms with E-state index in [2.05, 4.69) is 26.1 Å². The molecular formula is C27H27ClN2O3S. The van der Waals surface area contributed by atoms with Crippen molar-refractivity contribution < 1.29 is 14.3 Å². The average molecular weight is 495 g/mol. The van der Waals surface area contributed by atoms with E-state index in [1.54, 1.807) is 29.7 Å². The third kappa shape index (κ3) is 4.70. The molecule has 5 nitrogen and oxygen atoms in total. The van der Waals surface area contributed by atoms with Crippen molar-refractivity contribution in [3.8, 4) is 11.5 Å². The maximum Gasteiger partial charge on any atom is 0.259 e. The summed E-state index contributed by atoms with van der Waals surface area (Å²) in [5, 5.41) is 4.41. The molecule has 2 heterocycles. The molecule has 1 aromatic heterocycles. The van der Waals surface area contributed by atoms with Gasteiger partial charge in [-0.1, -0.05) is 32.4 Å². The molecule has 176 valence electrons. The minimum atomic E-state index is -0.133. The van der Waals surface area contributed by atoms with Crippen LogP contribution in [0.5, 0.6) is 11.5 Å². The first-order valence-electron chi connectivity index (χ1n) is 11.4. The number of nitrogens with zero attached hydrogens (tertiary/aromatic N) is 1. The molecule has 0 unspecified atom stereocenters. The van der Waals surface area contributed by atoms with E-state index in [9.17, 15) is 4.79 Å². The minimum absolute atomic E-state index is 0.133. The van der Waals surface area contributed by atoms with E-state index in [4.69, 9.17) is 26.1 Å². The largest absolute Gasteiger partial charge is 0.454 e. The number of hydrogen-bond donors (Lipinski definition) is 1. The van der Waals surface area contributed by atoms with Crippen LogP contribution in [0.15, 0.2) is 47.5 Å². The Labute approximate surface area is 208 Å². The van der Waals surface area contributed by atoms with Crippen LogP contribution < -0.4 is 14.8 Å². The van der Waals surface area contributed by atoms with Crippen molar-refractivity contribution in [2.75, 3.05) is 12.1 Å². The Bertz CT molecular complexity index is 1260. The predicted octanol–water partition coefficient (Wildman–Crippen LogP) is 7.28. The second-order valence-electron chi connectivity index (χ2n) is 9.82. The van der Waals surface area contributed by atoms with E-state index in [1.165, 1.54) is 4.88 Å². The standard InChI is InChI=1S/C27H27ClN2O3S/c1-27(2,3)17-5-10-20-23(13-17)34-26(24(20)25(31)30-19-8-6-18(28)7-9-19)29-14-16-4-11-21-22(12-16)33-15-32-21/h4,6-9,11-12,14,17H,5,10,13,15H2,1-3H3,(H,30,31)/t17-/m0/s1. The number of rotatable bonds is 4. The smallest absolute Gasteiger partial charge is 0.259 e. The molecule has 1 aliphatic carbocycles. The molecule has 0 spiro atoms. The number of amides is 1. The fraction of sp³-hybridized carbons (Fsp3) is 0.333. The molecule has 1 amide bonds. The molecule has 2 aliphatic rings. The van der Waals surface area contributed by atoms with Crippen molar-refractivity contribution >= 4 is 45.7 Å². The minimum Gasteiger partial charge on any atom is -0.454 e. The van der Waals surface area contributed by atoms with Gasteiger partial charge in [-0.2, -0.15) is 0 Å². The van der Waals surface area contributed by atoms with Gasteiger partial charge >= 0.3 is 0 Å². The Morgan fingerprint density at radius 1 is 1.15 bits per heavy atom. The van der Waals surface area contributed by atoms with E-state index in [-0.39, 0.29) is 18.1 Å². The van der Waals surface area contributed by atoms with Gasteiger partial charge in [0.1, 0.15) is 5.00 Å². The maximum atomic E-state index is 13.4. The first-order valence-corrected chi connectivity index (χ1v) is 12.6. The van der Waals surface area contributed by atoms with Gasteiger partial charge in [-0.15, -0.1) is 11.3 Å². The zero-order valence-electron chi connectivity index (χ0n) is 19.5. The maximum absolute atomic E-state index is 13.4. The van der Waals surface area contributed by atoms with Crippen LogP contribution in [-0.2, 0) is 12.8 Å². The summed E-state index contributed by atoms with van der Waals surface area (Å²) in [5.74, 6) is 1.89. The fourth-order valence-corrected chi connectivity index (χ4v) is 5.88. The molecule has 34 heavy (non-hydrogen) atoms. The normalized spacial score (nSPS) is 17.1. The number of carbonyl (C=O) groups excluding carboxylic acids is 1. The van der Waals surface area contributed by atoms with Crippen LogP contribution in [0.3, 0.4) is 0 Å². The fourth-order valence-electron chi connectivity index (χ4n) is 4.49. The lowest BCUT2D eigenvalue weighted by atomic mass is 9.72. The molecule has 1 atom stereocenters. The van der Waals surface area contributed by atoms with E-state index in [0.29, 0.717) is 27.9 Å². The van der Waals surface area contributed by atoms with Crippen LogP contribution in [0, 0.1) is 11.3 Å². The molecule has 0 saturated heterocycles. The highest BCUT2D eigenvalue weighted by Crippen LogP contribution is 2.45. The SMILES string of the molecule is CC(C)(C)[C@H]1CCc2c(sc(N=Cc3ccc4c(c3)OCO4)c2C(=O)Nc2ccc(Cl)cc2)C1. The molecule has 0 bridgehead atoms. The first kappa shape index (κ1) is 22.9. The zero-order valence-corrected chi connectivity index (χ0v) is 21.1. The van der Waals surface area contributed by atoms with E-state index in [0.717, 1.165) is 41.1 Å². The van der Waals surface area contributed by atoms with Crippen molar-refractivity contribution in [3.63, 3.8) is 0 Å². The number of carbonyl (C=O) groups is 1. The van der Waals surface area contributed by atoms with Gasteiger partial charge in [0.25, 0.3) is 5.91 Å². The van der Waals surface area contributed by atoms with E-state index in [1.807, 2.05) is 30.3 Å². The quantitative estimate of drug-likeness (QED) is 0.387. The molecule has 5 rings (SSSR count). The molecular weight excluding hydrogens is 468 g/mol. The van der Waals surface area contributed by atoms with Crippen LogP contribution in [0.4, 0.5) is 10.7 Å². The highest BCUT2D eigenvalue weighted by molar-refractivity contribution is 7.16. The Hall–Kier alpha value is -2.83. The number of anilines is 1. The van der Waals surface area contributed by atoms with Crippen LogP contribution in [0.2, 0.25) is 5.02 Å². The molecule has 2 aromatic carbocycles. The van der Waals surface area contributed by atoms with Crippen molar-refractivity contribution in [2.45, 2.75) is 40.0 Å². The summed E-state index contributed by atoms with van der Waals surface area (Å²) >= 11 is 7.64. The number of fused-ring (bicyclic) bond motifs is 2. The Morgan fingerprint density at radius 2 is 1.91 bits per heavy atom. The summed E-state index contributed by atoms with van der Waals surface area (Å²) in [7, 11) is 0. The molecule has 0 saturated carbocycles. The highest BCUT2D eigenvalue weighted by atomic mass is 35.5. The topological polar surface area (TPSA) is 59.9 Å². The van der Waals surface area contributed by atoms with Gasteiger partial charge in [0.05, 0.1) is 5.56 Å². The van der Waals surface area contributed by atoms with Crippen LogP contribution >= 0.6 is 22.9 Å². The number of nitrogens with one attached hydrogen (secondary N) is 1. The summed E-state index contributed by atoms with van der Waals surface area (Å²) in [5.41, 5.74) is 3.65. The van der Waals surface area contributed by atoms with Crippen molar-refractivity contribution in [1.29, 1.82) is 0 Å². The Kier molecular flexibility index (Phi) is 6.13. The van der Waals surface area contributed by atoms with Gasteiger partial charge in [0.2, 0.25) is 6.79 Å². The lowest BCUT2D eigenvalue weighted by Crippen LogP contribution is -2.27. The number of halogens is 1. The van der Waals surface area contributed by atoms with Gasteiger partial charge in [-0.3, -0.25) is 4.79 Å². The van der Waals surface area contributed by atoms with Gasteiger partial charge in [0.15, 0.2) is 11.5 Å². The molecule has 7 heteroatoms. The number of hydrogen-bond acceptors (Lipinski definition) is 5. The second kappa shape index (κ2) is 9.08. The van der Waals surface area contributed by atoms with Crippen molar-refractivity contribution in [3.05, 3.63) is 69.1 Å². The third-order valence-corrected chi connectivity index (χ3v) is 7.94. The molecule has 1 N–H and O–H groups in total. The zero-order chi connectivity index (χ0) is 23.9. The molecule has 3 aromatic rings. The lowest BCUT2D eigenvalue weighted by Gasteiger charge is -2.33. The molecule has 1 aliphatic heterocycles. The summed E-state index contributed by atoms with van der Waals surface area (Å²) in [6.07, 6.45) is 4.72. The van der Waals surface area contributed by atoms with Crippen LogP contribution in [-0.4, -0.2) is 18.9 Å². The highest BCUT2D eigenvalue weighted by Gasteiger charge is 2.33. The van der Waals surface area contributed by atoms with Crippen molar-refractivity contribution in [2.24, 2.45) is 16.3 Å². The van der Waals surface area contributed by atoms with Gasteiger partial charge in [0, 0.05) is 21.8 Å². The molecule has 0 fully saturated rings. The average Bonchev–Trinajstić information content (AvgIpc) is 3.41. The summed E-state index contributed by atoms with van der Waals surface area (Å²) in [6, 6.07) is 12.9.